The Morgan fingerprint density at radius 2 is 1.89 bits per heavy atom. The molecule has 3 heterocycles. The zero-order valence-corrected chi connectivity index (χ0v) is 10.9. The number of piperidine rings is 1. The second kappa shape index (κ2) is 6.14. The molecule has 19 heavy (non-hydrogen) atoms. The minimum Gasteiger partial charge on any atom is -0.481 e. The van der Waals surface area contributed by atoms with Crippen molar-refractivity contribution in [3.63, 3.8) is 0 Å². The zero-order chi connectivity index (χ0) is 13.8. The van der Waals surface area contributed by atoms with E-state index in [4.69, 9.17) is 5.11 Å². The maximum absolute atomic E-state index is 11.4. The van der Waals surface area contributed by atoms with E-state index in [2.05, 4.69) is 5.32 Å². The van der Waals surface area contributed by atoms with E-state index in [1.807, 2.05) is 0 Å². The number of amides is 2. The highest BCUT2D eigenvalue weighted by molar-refractivity contribution is 6.07. The third-order valence-corrected chi connectivity index (χ3v) is 3.87. The van der Waals surface area contributed by atoms with Gasteiger partial charge in [-0.15, -0.1) is 0 Å². The van der Waals surface area contributed by atoms with Crippen LogP contribution >= 0.6 is 0 Å². The van der Waals surface area contributed by atoms with E-state index in [-0.39, 0.29) is 11.9 Å². The second-order valence-electron chi connectivity index (χ2n) is 5.23. The van der Waals surface area contributed by atoms with Gasteiger partial charge in [0.15, 0.2) is 0 Å². The summed E-state index contributed by atoms with van der Waals surface area (Å²) < 4.78 is 0. The number of nitrogens with one attached hydrogen (secondary N) is 1. The molecule has 0 aromatic rings. The molecule has 6 nitrogen and oxygen atoms in total. The van der Waals surface area contributed by atoms with Crippen LogP contribution in [0.15, 0.2) is 0 Å². The first-order valence-electron chi connectivity index (χ1n) is 6.90. The summed E-state index contributed by atoms with van der Waals surface area (Å²) in [7, 11) is 0. The fourth-order valence-corrected chi connectivity index (χ4v) is 2.82. The molecule has 0 aromatic carbocycles. The summed E-state index contributed by atoms with van der Waals surface area (Å²) in [6.07, 6.45) is 5.50. The smallest absolute Gasteiger partial charge is 0.316 e. The Bertz CT molecular complexity index is 367. The molecule has 0 radical (unpaired) electrons. The Labute approximate surface area is 112 Å². The predicted octanol–water partition coefficient (Wildman–Crippen LogP) is 0.368. The summed E-state index contributed by atoms with van der Waals surface area (Å²) in [5.74, 6) is -2.86. The molecular weight excluding hydrogens is 248 g/mol. The van der Waals surface area contributed by atoms with E-state index in [1.54, 1.807) is 0 Å². The summed E-state index contributed by atoms with van der Waals surface area (Å²) in [6, 6.07) is -0.152. The minimum atomic E-state index is -1.12. The molecule has 2 amide bonds. The molecule has 0 spiro atoms. The number of hydrogen-bond donors (Lipinski definition) is 2. The fourth-order valence-electron chi connectivity index (χ4n) is 2.82. The molecule has 2 unspecified atom stereocenters. The summed E-state index contributed by atoms with van der Waals surface area (Å²) in [5.41, 5.74) is 0. The Kier molecular flexibility index (Phi) is 4.52. The first kappa shape index (κ1) is 14.0. The van der Waals surface area contributed by atoms with Gasteiger partial charge in [0, 0.05) is 12.5 Å². The number of fused-ring (bicyclic) bond motifs is 1. The van der Waals surface area contributed by atoms with Crippen molar-refractivity contribution in [2.24, 2.45) is 5.92 Å². The van der Waals surface area contributed by atoms with Crippen LogP contribution in [0.4, 0.5) is 0 Å². The molecule has 0 aliphatic carbocycles. The van der Waals surface area contributed by atoms with Gasteiger partial charge < -0.3 is 10.4 Å². The van der Waals surface area contributed by atoms with Gasteiger partial charge in [-0.05, 0) is 38.8 Å². The number of carbonyl (C=O) groups excluding carboxylic acids is 2. The van der Waals surface area contributed by atoms with Crippen molar-refractivity contribution in [3.8, 4) is 0 Å². The molecule has 106 valence electrons. The van der Waals surface area contributed by atoms with Crippen LogP contribution in [0.25, 0.3) is 0 Å². The van der Waals surface area contributed by atoms with Crippen LogP contribution in [0.2, 0.25) is 0 Å². The first-order chi connectivity index (χ1) is 9.11. The number of imide groups is 1. The Morgan fingerprint density at radius 3 is 2.32 bits per heavy atom. The molecule has 2 N–H and O–H groups in total. The maximum Gasteiger partial charge on any atom is 0.316 e. The lowest BCUT2D eigenvalue weighted by atomic mass is 10.0. The Balaban J connectivity index is 0.000000186. The van der Waals surface area contributed by atoms with Gasteiger partial charge in [-0.1, -0.05) is 6.42 Å². The first-order valence-corrected chi connectivity index (χ1v) is 6.90. The summed E-state index contributed by atoms with van der Waals surface area (Å²) in [6.45, 7) is 2.50. The highest BCUT2D eigenvalue weighted by Crippen LogP contribution is 2.33. The van der Waals surface area contributed by atoms with Crippen molar-refractivity contribution in [3.05, 3.63) is 0 Å². The van der Waals surface area contributed by atoms with E-state index in [0.29, 0.717) is 19.3 Å². The number of hydrogen-bond acceptors (Lipinski definition) is 4. The lowest BCUT2D eigenvalue weighted by Crippen LogP contribution is -2.34. The van der Waals surface area contributed by atoms with Gasteiger partial charge in [0.2, 0.25) is 11.8 Å². The number of carbonyl (C=O) groups is 3. The molecule has 0 aromatic heterocycles. The van der Waals surface area contributed by atoms with E-state index in [0.717, 1.165) is 4.90 Å². The third kappa shape index (κ3) is 3.12. The van der Waals surface area contributed by atoms with Crippen molar-refractivity contribution in [1.29, 1.82) is 0 Å². The fraction of sp³-hybridized carbons (Fsp3) is 0.769. The van der Waals surface area contributed by atoms with Crippen molar-refractivity contribution >= 4 is 17.8 Å². The molecule has 3 saturated heterocycles. The summed E-state index contributed by atoms with van der Waals surface area (Å²) in [4.78, 5) is 34.2. The summed E-state index contributed by atoms with van der Waals surface area (Å²) in [5, 5.41) is 12.0. The van der Waals surface area contributed by atoms with Gasteiger partial charge in [0.25, 0.3) is 0 Å². The summed E-state index contributed by atoms with van der Waals surface area (Å²) >= 11 is 0. The zero-order valence-electron chi connectivity index (χ0n) is 10.9. The third-order valence-electron chi connectivity index (χ3n) is 3.87. The van der Waals surface area contributed by atoms with E-state index >= 15 is 0 Å². The molecular formula is C13H20N2O4. The molecule has 0 saturated carbocycles. The van der Waals surface area contributed by atoms with Crippen LogP contribution in [0, 0.1) is 5.92 Å². The molecule has 3 aliphatic rings. The standard InChI is InChI=1S/C8H9NO4.C5H11N/c10-6-2-1-4-3-5(8(12)13)7(11)9(4)6;1-2-4-6-5-3-1/h4-5H,1-3H2,(H,12,13);6H,1-5H2. The van der Waals surface area contributed by atoms with Crippen LogP contribution in [0.5, 0.6) is 0 Å². The molecule has 3 aliphatic heterocycles. The van der Waals surface area contributed by atoms with E-state index in [9.17, 15) is 14.4 Å². The van der Waals surface area contributed by atoms with Gasteiger partial charge >= 0.3 is 5.97 Å². The van der Waals surface area contributed by atoms with Crippen LogP contribution in [0.1, 0.15) is 38.5 Å². The van der Waals surface area contributed by atoms with Crippen LogP contribution in [0.3, 0.4) is 0 Å². The van der Waals surface area contributed by atoms with Gasteiger partial charge in [-0.25, -0.2) is 0 Å². The second-order valence-corrected chi connectivity index (χ2v) is 5.23. The SMILES string of the molecule is C1CCNCC1.O=C(O)C1CC2CCC(=O)N2C1=O. The average molecular weight is 268 g/mol. The van der Waals surface area contributed by atoms with Gasteiger partial charge in [0.05, 0.1) is 0 Å². The predicted molar refractivity (Wildman–Crippen MR) is 67.3 cm³/mol. The lowest BCUT2D eigenvalue weighted by Gasteiger charge is -2.11. The molecule has 2 atom stereocenters. The van der Waals surface area contributed by atoms with Gasteiger partial charge in [-0.2, -0.15) is 0 Å². The van der Waals surface area contributed by atoms with Crippen LogP contribution in [-0.4, -0.2) is 46.9 Å². The number of aliphatic carboxylic acids is 1. The lowest BCUT2D eigenvalue weighted by molar-refractivity contribution is -0.149. The molecule has 3 rings (SSSR count). The van der Waals surface area contributed by atoms with Gasteiger partial charge in [-0.3, -0.25) is 19.3 Å². The Morgan fingerprint density at radius 1 is 1.21 bits per heavy atom. The van der Waals surface area contributed by atoms with Crippen LogP contribution < -0.4 is 5.32 Å². The Hall–Kier alpha value is -1.43. The number of nitrogens with zero attached hydrogens (tertiary/aromatic N) is 1. The quantitative estimate of drug-likeness (QED) is 0.530. The number of carboxylic acids is 1. The topological polar surface area (TPSA) is 86.7 Å². The largest absolute Gasteiger partial charge is 0.481 e. The number of rotatable bonds is 1. The van der Waals surface area contributed by atoms with Crippen molar-refractivity contribution in [1.82, 2.24) is 10.2 Å². The monoisotopic (exact) mass is 268 g/mol. The highest BCUT2D eigenvalue weighted by Gasteiger charge is 2.49. The van der Waals surface area contributed by atoms with E-state index in [1.165, 1.54) is 32.4 Å². The molecule has 6 heteroatoms. The highest BCUT2D eigenvalue weighted by atomic mass is 16.4. The van der Waals surface area contributed by atoms with E-state index < -0.39 is 17.8 Å². The van der Waals surface area contributed by atoms with Crippen molar-refractivity contribution in [2.75, 3.05) is 13.1 Å². The number of carboxylic acid groups (broad SMARTS) is 1. The normalized spacial score (nSPS) is 29.8. The average Bonchev–Trinajstić information content (AvgIpc) is 2.94. The van der Waals surface area contributed by atoms with Crippen molar-refractivity contribution < 1.29 is 19.5 Å². The maximum atomic E-state index is 11.4. The van der Waals surface area contributed by atoms with Crippen LogP contribution in [-0.2, 0) is 14.4 Å². The minimum absolute atomic E-state index is 0.152. The molecule has 3 fully saturated rings. The van der Waals surface area contributed by atoms with Gasteiger partial charge in [0.1, 0.15) is 5.92 Å². The van der Waals surface area contributed by atoms with Crippen molar-refractivity contribution in [2.45, 2.75) is 44.6 Å². The molecule has 0 bridgehead atoms.